The largest absolute Gasteiger partial charge is 0.481 e. The number of carbonyl (C=O) groups is 1. The van der Waals surface area contributed by atoms with Gasteiger partial charge in [0.15, 0.2) is 0 Å². The molecule has 0 amide bonds. The Kier molecular flexibility index (Phi) is 2.91. The van der Waals surface area contributed by atoms with E-state index in [4.69, 9.17) is 4.74 Å². The van der Waals surface area contributed by atoms with Gasteiger partial charge < -0.3 is 9.84 Å². The number of methoxy groups -OCH3 is 1. The van der Waals surface area contributed by atoms with Crippen molar-refractivity contribution in [3.05, 3.63) is 23.9 Å². The van der Waals surface area contributed by atoms with Gasteiger partial charge in [-0.15, -0.1) is 0 Å². The molecule has 2 rings (SSSR count). The number of aromatic nitrogens is 2. The van der Waals surface area contributed by atoms with Crippen LogP contribution in [-0.4, -0.2) is 27.9 Å². The SMILES string of the molecule is COc1ccc2c(n1)c(C(C)(C)C#N)cn2C(=O)O. The first-order valence-electron chi connectivity index (χ1n) is 5.62. The molecule has 0 aromatic carbocycles. The minimum absolute atomic E-state index is 0.380. The van der Waals surface area contributed by atoms with Gasteiger partial charge in [-0.2, -0.15) is 5.26 Å². The summed E-state index contributed by atoms with van der Waals surface area (Å²) in [4.78, 5) is 15.5. The van der Waals surface area contributed by atoms with Crippen molar-refractivity contribution in [2.24, 2.45) is 0 Å². The zero-order valence-electron chi connectivity index (χ0n) is 10.8. The molecule has 2 aromatic heterocycles. The zero-order chi connectivity index (χ0) is 14.2. The minimum atomic E-state index is -1.11. The van der Waals surface area contributed by atoms with Crippen LogP contribution < -0.4 is 4.74 Å². The molecule has 0 atom stereocenters. The van der Waals surface area contributed by atoms with Crippen molar-refractivity contribution in [1.82, 2.24) is 9.55 Å². The van der Waals surface area contributed by atoms with Gasteiger partial charge in [-0.1, -0.05) is 0 Å². The molecule has 0 unspecified atom stereocenters. The lowest BCUT2D eigenvalue weighted by molar-refractivity contribution is 0.197. The molecular formula is C13H13N3O3. The van der Waals surface area contributed by atoms with Crippen molar-refractivity contribution < 1.29 is 14.6 Å². The maximum atomic E-state index is 11.2. The molecule has 0 aliphatic rings. The van der Waals surface area contributed by atoms with Crippen LogP contribution in [0.25, 0.3) is 11.0 Å². The Morgan fingerprint density at radius 2 is 2.21 bits per heavy atom. The molecule has 98 valence electrons. The summed E-state index contributed by atoms with van der Waals surface area (Å²) in [7, 11) is 1.48. The van der Waals surface area contributed by atoms with Gasteiger partial charge in [-0.05, 0) is 19.9 Å². The van der Waals surface area contributed by atoms with E-state index in [0.717, 1.165) is 4.57 Å². The summed E-state index contributed by atoms with van der Waals surface area (Å²) in [6.07, 6.45) is 0.319. The van der Waals surface area contributed by atoms with E-state index in [-0.39, 0.29) is 0 Å². The Hall–Kier alpha value is -2.55. The van der Waals surface area contributed by atoms with Crippen LogP contribution in [0.4, 0.5) is 4.79 Å². The zero-order valence-corrected chi connectivity index (χ0v) is 10.8. The Labute approximate surface area is 109 Å². The van der Waals surface area contributed by atoms with Gasteiger partial charge in [-0.3, -0.25) is 4.57 Å². The number of nitrogens with zero attached hydrogens (tertiary/aromatic N) is 3. The van der Waals surface area contributed by atoms with Crippen LogP contribution in [0.2, 0.25) is 0 Å². The number of hydrogen-bond acceptors (Lipinski definition) is 4. The number of rotatable bonds is 2. The standard InChI is InChI=1S/C13H13N3O3/c1-13(2,7-14)8-6-16(12(17)18)9-4-5-10(19-3)15-11(8)9/h4-6H,1-3H3,(H,17,18). The van der Waals surface area contributed by atoms with Crippen molar-refractivity contribution in [3.63, 3.8) is 0 Å². The summed E-state index contributed by atoms with van der Waals surface area (Å²) in [5.41, 5.74) is 0.629. The average molecular weight is 259 g/mol. The van der Waals surface area contributed by atoms with Gasteiger partial charge in [-0.25, -0.2) is 9.78 Å². The number of fused-ring (bicyclic) bond motifs is 1. The lowest BCUT2D eigenvalue weighted by Crippen LogP contribution is -2.14. The van der Waals surface area contributed by atoms with Crippen molar-refractivity contribution in [2.75, 3.05) is 7.11 Å². The van der Waals surface area contributed by atoms with Crippen LogP contribution in [-0.2, 0) is 5.41 Å². The van der Waals surface area contributed by atoms with E-state index in [1.54, 1.807) is 26.0 Å². The monoisotopic (exact) mass is 259 g/mol. The van der Waals surface area contributed by atoms with Gasteiger partial charge in [0.05, 0.1) is 29.6 Å². The summed E-state index contributed by atoms with van der Waals surface area (Å²) in [6, 6.07) is 5.36. The highest BCUT2D eigenvalue weighted by Gasteiger charge is 2.27. The molecule has 0 saturated carbocycles. The fourth-order valence-corrected chi connectivity index (χ4v) is 1.88. The highest BCUT2D eigenvalue weighted by atomic mass is 16.5. The molecule has 0 fully saturated rings. The third kappa shape index (κ3) is 1.99. The van der Waals surface area contributed by atoms with Crippen molar-refractivity contribution in [2.45, 2.75) is 19.3 Å². The van der Waals surface area contributed by atoms with Gasteiger partial charge in [0, 0.05) is 17.8 Å². The molecule has 0 bridgehead atoms. The number of ether oxygens (including phenoxy) is 1. The van der Waals surface area contributed by atoms with Crippen molar-refractivity contribution in [1.29, 1.82) is 5.26 Å². The minimum Gasteiger partial charge on any atom is -0.481 e. The number of pyridine rings is 1. The normalized spacial score (nSPS) is 11.3. The summed E-state index contributed by atoms with van der Waals surface area (Å²) < 4.78 is 6.11. The fourth-order valence-electron chi connectivity index (χ4n) is 1.88. The Bertz CT molecular complexity index is 695. The highest BCUT2D eigenvalue weighted by molar-refractivity contribution is 5.90. The summed E-state index contributed by atoms with van der Waals surface area (Å²) in [5, 5.41) is 18.4. The molecule has 6 heteroatoms. The maximum Gasteiger partial charge on any atom is 0.416 e. The molecule has 2 heterocycles. The molecule has 19 heavy (non-hydrogen) atoms. The second kappa shape index (κ2) is 4.28. The van der Waals surface area contributed by atoms with Crippen LogP contribution >= 0.6 is 0 Å². The van der Waals surface area contributed by atoms with Crippen LogP contribution in [0, 0.1) is 11.3 Å². The van der Waals surface area contributed by atoms with Crippen LogP contribution in [0.15, 0.2) is 18.3 Å². The molecule has 0 spiro atoms. The Morgan fingerprint density at radius 3 is 2.74 bits per heavy atom. The molecule has 0 aliphatic carbocycles. The summed E-state index contributed by atoms with van der Waals surface area (Å²) in [5.74, 6) is 0.380. The molecule has 0 radical (unpaired) electrons. The second-order valence-corrected chi connectivity index (χ2v) is 4.65. The van der Waals surface area contributed by atoms with Crippen LogP contribution in [0.5, 0.6) is 5.88 Å². The van der Waals surface area contributed by atoms with Crippen LogP contribution in [0.1, 0.15) is 19.4 Å². The predicted octanol–water partition coefficient (Wildman–Crippen LogP) is 2.37. The topological polar surface area (TPSA) is 88.1 Å². The third-order valence-electron chi connectivity index (χ3n) is 2.99. The van der Waals surface area contributed by atoms with E-state index in [1.165, 1.54) is 13.3 Å². The lowest BCUT2D eigenvalue weighted by atomic mass is 9.87. The van der Waals surface area contributed by atoms with E-state index in [9.17, 15) is 15.2 Å². The molecular weight excluding hydrogens is 246 g/mol. The van der Waals surface area contributed by atoms with E-state index in [2.05, 4.69) is 11.1 Å². The van der Waals surface area contributed by atoms with E-state index < -0.39 is 11.5 Å². The molecule has 1 N–H and O–H groups in total. The second-order valence-electron chi connectivity index (χ2n) is 4.65. The Balaban J connectivity index is 2.84. The Morgan fingerprint density at radius 1 is 1.53 bits per heavy atom. The third-order valence-corrected chi connectivity index (χ3v) is 2.99. The van der Waals surface area contributed by atoms with Crippen molar-refractivity contribution in [3.8, 4) is 11.9 Å². The van der Waals surface area contributed by atoms with Gasteiger partial charge in [0.1, 0.15) is 0 Å². The number of hydrogen-bond donors (Lipinski definition) is 1. The van der Waals surface area contributed by atoms with Gasteiger partial charge in [0.2, 0.25) is 5.88 Å². The fraction of sp³-hybridized carbons (Fsp3) is 0.308. The highest BCUT2D eigenvalue weighted by Crippen LogP contribution is 2.31. The average Bonchev–Trinajstić information content (AvgIpc) is 2.77. The van der Waals surface area contributed by atoms with E-state index >= 15 is 0 Å². The van der Waals surface area contributed by atoms with Crippen LogP contribution in [0.3, 0.4) is 0 Å². The molecule has 0 aliphatic heterocycles. The van der Waals surface area contributed by atoms with Crippen molar-refractivity contribution >= 4 is 17.1 Å². The maximum absolute atomic E-state index is 11.2. The smallest absolute Gasteiger partial charge is 0.416 e. The number of nitriles is 1. The summed E-state index contributed by atoms with van der Waals surface area (Å²) >= 11 is 0. The number of carboxylic acid groups (broad SMARTS) is 1. The van der Waals surface area contributed by atoms with E-state index in [1.807, 2.05) is 0 Å². The lowest BCUT2D eigenvalue weighted by Gasteiger charge is -2.13. The van der Waals surface area contributed by atoms with Gasteiger partial charge in [0.25, 0.3) is 0 Å². The van der Waals surface area contributed by atoms with Gasteiger partial charge >= 0.3 is 6.09 Å². The first-order valence-corrected chi connectivity index (χ1v) is 5.62. The van der Waals surface area contributed by atoms with E-state index in [0.29, 0.717) is 22.5 Å². The molecule has 6 nitrogen and oxygen atoms in total. The predicted molar refractivity (Wildman–Crippen MR) is 68.3 cm³/mol. The molecule has 2 aromatic rings. The quantitative estimate of drug-likeness (QED) is 0.894. The molecule has 0 saturated heterocycles. The first kappa shape index (κ1) is 12.9. The summed E-state index contributed by atoms with van der Waals surface area (Å²) in [6.45, 7) is 3.43. The first-order chi connectivity index (χ1) is 8.90.